The Morgan fingerprint density at radius 1 is 1.44 bits per heavy atom. The first-order chi connectivity index (χ1) is 8.67. The van der Waals surface area contributed by atoms with E-state index in [9.17, 15) is 4.79 Å². The first-order valence-electron chi connectivity index (χ1n) is 5.96. The molecule has 18 heavy (non-hydrogen) atoms. The van der Waals surface area contributed by atoms with Crippen molar-refractivity contribution in [2.45, 2.75) is 26.3 Å². The third-order valence-electron chi connectivity index (χ3n) is 3.06. The van der Waals surface area contributed by atoms with Crippen molar-refractivity contribution < 1.29 is 4.79 Å². The molecule has 3 nitrogen and oxygen atoms in total. The normalized spacial score (nSPS) is 12.4. The van der Waals surface area contributed by atoms with Crippen LogP contribution in [-0.4, -0.2) is 16.1 Å². The number of hydrogen-bond donors (Lipinski definition) is 0. The first kappa shape index (κ1) is 12.8. The molecule has 4 heteroatoms. The van der Waals surface area contributed by atoms with Crippen molar-refractivity contribution in [1.82, 2.24) is 9.78 Å². The molecule has 0 aliphatic rings. The lowest BCUT2D eigenvalue weighted by atomic mass is 10.1. The highest BCUT2D eigenvalue weighted by molar-refractivity contribution is 6.33. The highest BCUT2D eigenvalue weighted by Crippen LogP contribution is 2.29. The molecule has 1 heterocycles. The zero-order chi connectivity index (χ0) is 13.1. The topological polar surface area (TPSA) is 34.9 Å². The van der Waals surface area contributed by atoms with Crippen LogP contribution in [0.15, 0.2) is 30.5 Å². The molecule has 1 aromatic heterocycles. The monoisotopic (exact) mass is 262 g/mol. The molecule has 1 atom stereocenters. The maximum atomic E-state index is 11.1. The van der Waals surface area contributed by atoms with Gasteiger partial charge in [0, 0.05) is 17.8 Å². The van der Waals surface area contributed by atoms with E-state index in [0.717, 1.165) is 18.3 Å². The highest BCUT2D eigenvalue weighted by atomic mass is 35.5. The van der Waals surface area contributed by atoms with Gasteiger partial charge >= 0.3 is 0 Å². The predicted molar refractivity (Wildman–Crippen MR) is 73.1 cm³/mol. The van der Waals surface area contributed by atoms with E-state index in [4.69, 9.17) is 11.6 Å². The summed E-state index contributed by atoms with van der Waals surface area (Å²) in [5, 5.41) is 5.09. The summed E-state index contributed by atoms with van der Waals surface area (Å²) < 4.78 is 1.82. The number of aldehydes is 1. The van der Waals surface area contributed by atoms with Gasteiger partial charge in [-0.2, -0.15) is 5.10 Å². The lowest BCUT2D eigenvalue weighted by Crippen LogP contribution is -2.04. The minimum absolute atomic E-state index is 0.264. The second-order valence-corrected chi connectivity index (χ2v) is 4.68. The molecule has 0 saturated heterocycles. The summed E-state index contributed by atoms with van der Waals surface area (Å²) in [6.07, 6.45) is 3.56. The minimum atomic E-state index is 0.264. The number of benzene rings is 1. The van der Waals surface area contributed by atoms with E-state index in [-0.39, 0.29) is 6.04 Å². The van der Waals surface area contributed by atoms with Gasteiger partial charge < -0.3 is 0 Å². The Morgan fingerprint density at radius 3 is 2.78 bits per heavy atom. The molecule has 0 N–H and O–H groups in total. The highest BCUT2D eigenvalue weighted by Gasteiger charge is 2.15. The third-order valence-corrected chi connectivity index (χ3v) is 3.39. The van der Waals surface area contributed by atoms with Crippen LogP contribution in [-0.2, 0) is 0 Å². The van der Waals surface area contributed by atoms with Crippen LogP contribution in [0.2, 0.25) is 5.02 Å². The number of carbonyl (C=O) groups is 1. The fourth-order valence-electron chi connectivity index (χ4n) is 1.77. The maximum absolute atomic E-state index is 11.1. The Bertz CT molecular complexity index is 563. The Labute approximate surface area is 111 Å². The van der Waals surface area contributed by atoms with Crippen molar-refractivity contribution in [2.75, 3.05) is 0 Å². The van der Waals surface area contributed by atoms with Crippen LogP contribution in [0.5, 0.6) is 0 Å². The number of halogens is 1. The van der Waals surface area contributed by atoms with Crippen LogP contribution in [0, 0.1) is 0 Å². The van der Waals surface area contributed by atoms with E-state index in [1.54, 1.807) is 12.3 Å². The molecule has 0 fully saturated rings. The summed E-state index contributed by atoms with van der Waals surface area (Å²) in [4.78, 5) is 11.1. The SMILES string of the molecule is CCC(C)n1cc(C=O)c(-c2ccccc2Cl)n1. The van der Waals surface area contributed by atoms with Gasteiger partial charge in [-0.15, -0.1) is 0 Å². The predicted octanol–water partition coefficient (Wildman–Crippen LogP) is 3.99. The van der Waals surface area contributed by atoms with Crippen LogP contribution in [0.25, 0.3) is 11.3 Å². The van der Waals surface area contributed by atoms with E-state index < -0.39 is 0 Å². The molecule has 1 unspecified atom stereocenters. The second-order valence-electron chi connectivity index (χ2n) is 4.27. The second kappa shape index (κ2) is 5.36. The number of nitrogens with zero attached hydrogens (tertiary/aromatic N) is 2. The summed E-state index contributed by atoms with van der Waals surface area (Å²) in [6, 6.07) is 7.68. The van der Waals surface area contributed by atoms with Crippen molar-refractivity contribution in [3.63, 3.8) is 0 Å². The van der Waals surface area contributed by atoms with Crippen molar-refractivity contribution in [2.24, 2.45) is 0 Å². The molecule has 0 amide bonds. The van der Waals surface area contributed by atoms with Gasteiger partial charge in [-0.25, -0.2) is 0 Å². The summed E-state index contributed by atoms with van der Waals surface area (Å²) in [6.45, 7) is 4.15. The average molecular weight is 263 g/mol. The van der Waals surface area contributed by atoms with Crippen LogP contribution in [0.1, 0.15) is 36.7 Å². The molecular formula is C14H15ClN2O. The maximum Gasteiger partial charge on any atom is 0.153 e. The summed E-state index contributed by atoms with van der Waals surface area (Å²) >= 11 is 6.15. The van der Waals surface area contributed by atoms with Gasteiger partial charge in [0.15, 0.2) is 6.29 Å². The molecule has 0 radical (unpaired) electrons. The third kappa shape index (κ3) is 2.31. The minimum Gasteiger partial charge on any atom is -0.298 e. The van der Waals surface area contributed by atoms with E-state index >= 15 is 0 Å². The van der Waals surface area contributed by atoms with Crippen molar-refractivity contribution in [1.29, 1.82) is 0 Å². The molecule has 2 rings (SSSR count). The fourth-order valence-corrected chi connectivity index (χ4v) is 1.99. The van der Waals surface area contributed by atoms with Crippen molar-refractivity contribution >= 4 is 17.9 Å². The smallest absolute Gasteiger partial charge is 0.153 e. The molecule has 0 spiro atoms. The molecule has 0 saturated carbocycles. The Kier molecular flexibility index (Phi) is 3.82. The van der Waals surface area contributed by atoms with Crippen LogP contribution < -0.4 is 0 Å². The van der Waals surface area contributed by atoms with Crippen LogP contribution in [0.4, 0.5) is 0 Å². The van der Waals surface area contributed by atoms with E-state index in [1.807, 2.05) is 22.9 Å². The Morgan fingerprint density at radius 2 is 2.17 bits per heavy atom. The zero-order valence-corrected chi connectivity index (χ0v) is 11.2. The number of carbonyl (C=O) groups excluding carboxylic acids is 1. The average Bonchev–Trinajstić information content (AvgIpc) is 2.82. The largest absolute Gasteiger partial charge is 0.298 e. The fraction of sp³-hybridized carbons (Fsp3) is 0.286. The summed E-state index contributed by atoms with van der Waals surface area (Å²) in [7, 11) is 0. The Hall–Kier alpha value is -1.61. The van der Waals surface area contributed by atoms with Crippen LogP contribution in [0.3, 0.4) is 0 Å². The van der Waals surface area contributed by atoms with Crippen molar-refractivity contribution in [3.05, 3.63) is 41.0 Å². The summed E-state index contributed by atoms with van der Waals surface area (Å²) in [5.74, 6) is 0. The number of rotatable bonds is 4. The molecule has 1 aromatic carbocycles. The first-order valence-corrected chi connectivity index (χ1v) is 6.34. The van der Waals surface area contributed by atoms with Gasteiger partial charge in [-0.3, -0.25) is 9.48 Å². The number of aromatic nitrogens is 2. The van der Waals surface area contributed by atoms with Gasteiger partial charge in [0.25, 0.3) is 0 Å². The molecule has 0 aliphatic carbocycles. The Balaban J connectivity index is 2.54. The molecule has 0 bridgehead atoms. The zero-order valence-electron chi connectivity index (χ0n) is 10.4. The molecular weight excluding hydrogens is 248 g/mol. The number of hydrogen-bond acceptors (Lipinski definition) is 2. The van der Waals surface area contributed by atoms with E-state index in [1.165, 1.54) is 0 Å². The summed E-state index contributed by atoms with van der Waals surface area (Å²) in [5.41, 5.74) is 2.02. The van der Waals surface area contributed by atoms with Crippen LogP contribution >= 0.6 is 11.6 Å². The molecule has 0 aliphatic heterocycles. The van der Waals surface area contributed by atoms with Crippen molar-refractivity contribution in [3.8, 4) is 11.3 Å². The lowest BCUT2D eigenvalue weighted by molar-refractivity contribution is 0.112. The van der Waals surface area contributed by atoms with E-state index in [0.29, 0.717) is 16.3 Å². The van der Waals surface area contributed by atoms with E-state index in [2.05, 4.69) is 18.9 Å². The van der Waals surface area contributed by atoms with Gasteiger partial charge in [0.2, 0.25) is 0 Å². The standard InChI is InChI=1S/C14H15ClN2O/c1-3-10(2)17-8-11(9-18)14(16-17)12-6-4-5-7-13(12)15/h4-10H,3H2,1-2H3. The molecule has 2 aromatic rings. The van der Waals surface area contributed by atoms with Gasteiger partial charge in [-0.1, -0.05) is 36.7 Å². The lowest BCUT2D eigenvalue weighted by Gasteiger charge is -2.08. The molecule has 94 valence electrons. The van der Waals surface area contributed by atoms with Gasteiger partial charge in [0.1, 0.15) is 5.69 Å². The van der Waals surface area contributed by atoms with Gasteiger partial charge in [-0.05, 0) is 19.4 Å². The quantitative estimate of drug-likeness (QED) is 0.781. The van der Waals surface area contributed by atoms with Gasteiger partial charge in [0.05, 0.1) is 10.6 Å².